The van der Waals surface area contributed by atoms with Crippen LogP contribution in [0.25, 0.3) is 0 Å². The summed E-state index contributed by atoms with van der Waals surface area (Å²) in [5.74, 6) is -1.31. The molecule has 2 N–H and O–H groups in total. The summed E-state index contributed by atoms with van der Waals surface area (Å²) in [6.07, 6.45) is -2.52. The van der Waals surface area contributed by atoms with E-state index >= 15 is 0 Å². The molecule has 2 aliphatic heterocycles. The summed E-state index contributed by atoms with van der Waals surface area (Å²) in [5, 5.41) is 4.87. The van der Waals surface area contributed by atoms with E-state index in [0.717, 1.165) is 12.1 Å². The molecule has 1 aromatic heterocycles. The molecule has 2 amide bonds. The molecule has 1 saturated heterocycles. The van der Waals surface area contributed by atoms with Crippen LogP contribution in [-0.2, 0) is 14.4 Å². The lowest BCUT2D eigenvalue weighted by Crippen LogP contribution is -2.47. The minimum atomic E-state index is -4.46. The number of fused-ring (bicyclic) bond motifs is 3. The average molecular weight is 438 g/mol. The van der Waals surface area contributed by atoms with Gasteiger partial charge in [0.25, 0.3) is 0 Å². The number of nitrogens with one attached hydrogen (secondary N) is 2. The van der Waals surface area contributed by atoms with Crippen LogP contribution in [-0.4, -0.2) is 41.3 Å². The molecule has 3 rings (SSSR count). The van der Waals surface area contributed by atoms with Gasteiger partial charge in [0.05, 0.1) is 6.42 Å². The summed E-state index contributed by atoms with van der Waals surface area (Å²) >= 11 is 0. The number of ketones is 1. The number of amides is 2. The first-order valence-electron chi connectivity index (χ1n) is 10.0. The molecular formula is C21H25F3N4O3. The van der Waals surface area contributed by atoms with Gasteiger partial charge >= 0.3 is 6.18 Å². The van der Waals surface area contributed by atoms with Gasteiger partial charge in [-0.3, -0.25) is 14.4 Å². The standard InChI is InChI=1S/C21H25F3N4O3/c1-12(26-16(30)6-7-21(22,23)24)19(31)27-17-13-5-4-9-25-18(13)28-10-8-20(2,3)15(28)11-14(17)29/h4-5,9,11-12,17H,6-8,10H2,1-3H3,(H,26,30)(H,27,31)/t12?,17-/m0/s1. The Hall–Kier alpha value is -2.91. The summed E-state index contributed by atoms with van der Waals surface area (Å²) < 4.78 is 36.8. The predicted octanol–water partition coefficient (Wildman–Crippen LogP) is 2.79. The minimum absolute atomic E-state index is 0.233. The number of halogens is 3. The van der Waals surface area contributed by atoms with Crippen molar-refractivity contribution in [3.63, 3.8) is 0 Å². The van der Waals surface area contributed by atoms with Crippen LogP contribution >= 0.6 is 0 Å². The number of hydrogen-bond donors (Lipinski definition) is 2. The summed E-state index contributed by atoms with van der Waals surface area (Å²) in [6, 6.07) is 1.25. The summed E-state index contributed by atoms with van der Waals surface area (Å²) in [6.45, 7) is 6.10. The van der Waals surface area contributed by atoms with Crippen molar-refractivity contribution in [3.05, 3.63) is 35.7 Å². The van der Waals surface area contributed by atoms with E-state index in [1.807, 2.05) is 18.7 Å². The normalized spacial score (nSPS) is 20.8. The fraction of sp³-hybridized carbons (Fsp3) is 0.524. The molecular weight excluding hydrogens is 413 g/mol. The highest BCUT2D eigenvalue weighted by Crippen LogP contribution is 2.45. The Morgan fingerprint density at radius 3 is 2.74 bits per heavy atom. The Balaban J connectivity index is 1.77. The lowest BCUT2D eigenvalue weighted by Gasteiger charge is -2.25. The van der Waals surface area contributed by atoms with E-state index in [1.54, 1.807) is 18.3 Å². The number of pyridine rings is 1. The molecule has 2 aliphatic rings. The quantitative estimate of drug-likeness (QED) is 0.738. The van der Waals surface area contributed by atoms with Gasteiger partial charge in [0.15, 0.2) is 5.78 Å². The molecule has 0 aromatic carbocycles. The van der Waals surface area contributed by atoms with Gasteiger partial charge in [0, 0.05) is 41.9 Å². The zero-order valence-corrected chi connectivity index (χ0v) is 17.5. The van der Waals surface area contributed by atoms with E-state index in [0.29, 0.717) is 17.9 Å². The second kappa shape index (κ2) is 8.32. The highest BCUT2D eigenvalue weighted by atomic mass is 19.4. The van der Waals surface area contributed by atoms with E-state index in [1.165, 1.54) is 13.0 Å². The third-order valence-corrected chi connectivity index (χ3v) is 5.58. The van der Waals surface area contributed by atoms with Crippen LogP contribution in [0.1, 0.15) is 51.6 Å². The summed E-state index contributed by atoms with van der Waals surface area (Å²) in [5.41, 5.74) is 1.12. The van der Waals surface area contributed by atoms with E-state index in [-0.39, 0.29) is 11.2 Å². The number of aromatic nitrogens is 1. The molecule has 1 fully saturated rings. The molecule has 0 aliphatic carbocycles. The third kappa shape index (κ3) is 5.05. The van der Waals surface area contributed by atoms with Crippen molar-refractivity contribution in [2.75, 3.05) is 11.4 Å². The maximum absolute atomic E-state index is 13.0. The molecule has 7 nitrogen and oxygen atoms in total. The number of carbonyl (C=O) groups excluding carboxylic acids is 3. The number of rotatable bonds is 5. The number of carbonyl (C=O) groups is 3. The fourth-order valence-electron chi connectivity index (χ4n) is 3.78. The highest BCUT2D eigenvalue weighted by molar-refractivity contribution is 6.01. The molecule has 2 atom stereocenters. The predicted molar refractivity (Wildman–Crippen MR) is 107 cm³/mol. The first-order valence-corrected chi connectivity index (χ1v) is 10.0. The van der Waals surface area contributed by atoms with E-state index < -0.39 is 42.9 Å². The molecule has 1 aromatic rings. The van der Waals surface area contributed by atoms with Gasteiger partial charge in [0.1, 0.15) is 17.9 Å². The lowest BCUT2D eigenvalue weighted by molar-refractivity contribution is -0.144. The van der Waals surface area contributed by atoms with Crippen LogP contribution in [0, 0.1) is 5.41 Å². The Morgan fingerprint density at radius 1 is 1.35 bits per heavy atom. The monoisotopic (exact) mass is 438 g/mol. The SMILES string of the molecule is CC(NC(=O)CCC(F)(F)F)C(=O)N[C@@H]1C(=O)C=C2N(CCC2(C)C)c2ncccc21. The zero-order valence-electron chi connectivity index (χ0n) is 17.5. The van der Waals surface area contributed by atoms with Crippen LogP contribution in [0.15, 0.2) is 30.1 Å². The molecule has 0 spiro atoms. The van der Waals surface area contributed by atoms with Crippen molar-refractivity contribution in [1.29, 1.82) is 0 Å². The average Bonchev–Trinajstić information content (AvgIpc) is 2.91. The number of alkyl halides is 3. The minimum Gasteiger partial charge on any atom is -0.345 e. The molecule has 0 bridgehead atoms. The molecule has 168 valence electrons. The molecule has 31 heavy (non-hydrogen) atoms. The van der Waals surface area contributed by atoms with Crippen molar-refractivity contribution in [2.24, 2.45) is 5.41 Å². The lowest BCUT2D eigenvalue weighted by atomic mass is 9.88. The van der Waals surface area contributed by atoms with Gasteiger partial charge in [-0.05, 0) is 19.4 Å². The second-order valence-corrected chi connectivity index (χ2v) is 8.48. The maximum atomic E-state index is 13.0. The van der Waals surface area contributed by atoms with E-state index in [9.17, 15) is 27.6 Å². The van der Waals surface area contributed by atoms with Crippen LogP contribution in [0.2, 0.25) is 0 Å². The van der Waals surface area contributed by atoms with Crippen LogP contribution in [0.4, 0.5) is 19.0 Å². The summed E-state index contributed by atoms with van der Waals surface area (Å²) in [7, 11) is 0. The van der Waals surface area contributed by atoms with E-state index in [2.05, 4.69) is 15.6 Å². The molecule has 0 radical (unpaired) electrons. The van der Waals surface area contributed by atoms with Gasteiger partial charge in [-0.25, -0.2) is 4.98 Å². The van der Waals surface area contributed by atoms with Crippen LogP contribution in [0.3, 0.4) is 0 Å². The van der Waals surface area contributed by atoms with Gasteiger partial charge in [-0.2, -0.15) is 13.2 Å². The summed E-state index contributed by atoms with van der Waals surface area (Å²) in [4.78, 5) is 43.8. The first kappa shape index (κ1) is 22.8. The smallest absolute Gasteiger partial charge is 0.345 e. The van der Waals surface area contributed by atoms with Gasteiger partial charge in [-0.1, -0.05) is 19.9 Å². The Labute approximate surface area is 178 Å². The molecule has 3 heterocycles. The number of hydrogen-bond acceptors (Lipinski definition) is 5. The Morgan fingerprint density at radius 2 is 2.06 bits per heavy atom. The van der Waals surface area contributed by atoms with Crippen LogP contribution in [0.5, 0.6) is 0 Å². The van der Waals surface area contributed by atoms with Gasteiger partial charge in [0.2, 0.25) is 11.8 Å². The molecule has 1 unspecified atom stereocenters. The van der Waals surface area contributed by atoms with Crippen LogP contribution < -0.4 is 15.5 Å². The van der Waals surface area contributed by atoms with E-state index in [4.69, 9.17) is 0 Å². The van der Waals surface area contributed by atoms with Gasteiger partial charge in [-0.15, -0.1) is 0 Å². The Kier molecular flexibility index (Phi) is 6.11. The molecule has 10 heteroatoms. The highest BCUT2D eigenvalue weighted by Gasteiger charge is 2.41. The number of nitrogens with zero attached hydrogens (tertiary/aromatic N) is 2. The fourth-order valence-corrected chi connectivity index (χ4v) is 3.78. The first-order chi connectivity index (χ1) is 14.4. The third-order valence-electron chi connectivity index (χ3n) is 5.58. The van der Waals surface area contributed by atoms with Crippen molar-refractivity contribution >= 4 is 23.4 Å². The number of allylic oxidation sites excluding steroid dienone is 1. The maximum Gasteiger partial charge on any atom is 0.389 e. The Bertz CT molecular complexity index is 927. The zero-order chi connectivity index (χ0) is 23.0. The molecule has 0 saturated carbocycles. The second-order valence-electron chi connectivity index (χ2n) is 8.48. The number of anilines is 1. The van der Waals surface area contributed by atoms with Gasteiger partial charge < -0.3 is 15.5 Å². The van der Waals surface area contributed by atoms with Crippen molar-refractivity contribution < 1.29 is 27.6 Å². The largest absolute Gasteiger partial charge is 0.389 e. The van der Waals surface area contributed by atoms with Crippen molar-refractivity contribution in [3.8, 4) is 0 Å². The van der Waals surface area contributed by atoms with Crippen molar-refractivity contribution in [1.82, 2.24) is 15.6 Å². The van der Waals surface area contributed by atoms with Crippen molar-refractivity contribution in [2.45, 2.75) is 58.3 Å². The topological polar surface area (TPSA) is 91.4 Å².